The normalized spacial score (nSPS) is 13.3. The third-order valence-electron chi connectivity index (χ3n) is 2.43. The van der Waals surface area contributed by atoms with E-state index in [9.17, 15) is 0 Å². The monoisotopic (exact) mass is 190 g/mol. The fourth-order valence-corrected chi connectivity index (χ4v) is 1.48. The molecular weight excluding hydrogens is 176 g/mol. The van der Waals surface area contributed by atoms with Crippen LogP contribution in [-0.2, 0) is 6.42 Å². The number of rotatable bonds is 3. The predicted molar refractivity (Wildman–Crippen MR) is 56.2 cm³/mol. The number of benzene rings is 1. The van der Waals surface area contributed by atoms with Crippen molar-refractivity contribution in [2.45, 2.75) is 19.4 Å². The fraction of sp³-hybridized carbons (Fsp3) is 0.364. The van der Waals surface area contributed by atoms with Crippen LogP contribution >= 0.6 is 0 Å². The van der Waals surface area contributed by atoms with Crippen LogP contribution in [0.5, 0.6) is 0 Å². The van der Waals surface area contributed by atoms with Gasteiger partial charge >= 0.3 is 0 Å². The van der Waals surface area contributed by atoms with Gasteiger partial charge in [0.1, 0.15) is 5.52 Å². The summed E-state index contributed by atoms with van der Waals surface area (Å²) in [6.07, 6.45) is 2.49. The second-order valence-electron chi connectivity index (χ2n) is 3.55. The maximum Gasteiger partial charge on any atom is 0.181 e. The van der Waals surface area contributed by atoms with Crippen molar-refractivity contribution >= 4 is 11.1 Å². The predicted octanol–water partition coefficient (Wildman–Crippen LogP) is 1.98. The lowest BCUT2D eigenvalue weighted by atomic mass is 10.1. The Morgan fingerprint density at radius 2 is 2.36 bits per heavy atom. The fourth-order valence-electron chi connectivity index (χ4n) is 1.48. The summed E-state index contributed by atoms with van der Waals surface area (Å²) in [6.45, 7) is 2.16. The van der Waals surface area contributed by atoms with Crippen LogP contribution in [-0.4, -0.2) is 18.1 Å². The summed E-state index contributed by atoms with van der Waals surface area (Å²) in [6, 6.07) is 6.63. The van der Waals surface area contributed by atoms with E-state index < -0.39 is 0 Å². The third-order valence-corrected chi connectivity index (χ3v) is 2.43. The molecular formula is C11H14N2O. The van der Waals surface area contributed by atoms with Crippen molar-refractivity contribution in [3.8, 4) is 0 Å². The average Bonchev–Trinajstić information content (AvgIpc) is 2.64. The van der Waals surface area contributed by atoms with Gasteiger partial charge in [0.25, 0.3) is 0 Å². The van der Waals surface area contributed by atoms with E-state index in [2.05, 4.69) is 29.4 Å². The Morgan fingerprint density at radius 1 is 1.50 bits per heavy atom. The Labute approximate surface area is 83.1 Å². The molecule has 2 aromatic rings. The molecule has 3 heteroatoms. The van der Waals surface area contributed by atoms with Gasteiger partial charge in [-0.15, -0.1) is 0 Å². The van der Waals surface area contributed by atoms with Gasteiger partial charge in [-0.2, -0.15) is 0 Å². The molecule has 14 heavy (non-hydrogen) atoms. The van der Waals surface area contributed by atoms with Crippen molar-refractivity contribution in [2.75, 3.05) is 7.05 Å². The molecule has 0 aliphatic heterocycles. The number of fused-ring (bicyclic) bond motifs is 1. The Hall–Kier alpha value is -1.35. The van der Waals surface area contributed by atoms with Gasteiger partial charge in [-0.25, -0.2) is 4.98 Å². The summed E-state index contributed by atoms with van der Waals surface area (Å²) in [7, 11) is 1.97. The molecule has 3 nitrogen and oxygen atoms in total. The highest BCUT2D eigenvalue weighted by Crippen LogP contribution is 2.15. The zero-order valence-corrected chi connectivity index (χ0v) is 8.45. The lowest BCUT2D eigenvalue weighted by Crippen LogP contribution is -2.23. The highest BCUT2D eigenvalue weighted by Gasteiger charge is 2.03. The minimum Gasteiger partial charge on any atom is -0.443 e. The molecule has 0 amide bonds. The number of hydrogen-bond donors (Lipinski definition) is 1. The molecule has 0 aliphatic carbocycles. The molecule has 2 rings (SSSR count). The van der Waals surface area contributed by atoms with E-state index in [1.54, 1.807) is 0 Å². The molecule has 0 spiro atoms. The molecule has 0 saturated heterocycles. The maximum absolute atomic E-state index is 5.24. The topological polar surface area (TPSA) is 38.1 Å². The van der Waals surface area contributed by atoms with Crippen LogP contribution in [0.1, 0.15) is 12.5 Å². The Morgan fingerprint density at radius 3 is 3.14 bits per heavy atom. The first-order valence-corrected chi connectivity index (χ1v) is 4.79. The lowest BCUT2D eigenvalue weighted by molar-refractivity contribution is 0.596. The van der Waals surface area contributed by atoms with Gasteiger partial charge < -0.3 is 9.73 Å². The van der Waals surface area contributed by atoms with Gasteiger partial charge in [0.2, 0.25) is 0 Å². The van der Waals surface area contributed by atoms with E-state index in [1.165, 1.54) is 12.0 Å². The van der Waals surface area contributed by atoms with Crippen molar-refractivity contribution in [3.63, 3.8) is 0 Å². The van der Waals surface area contributed by atoms with Crippen LogP contribution in [0, 0.1) is 0 Å². The molecule has 1 aromatic heterocycles. The van der Waals surface area contributed by atoms with E-state index in [0.717, 1.165) is 17.5 Å². The van der Waals surface area contributed by atoms with Crippen molar-refractivity contribution in [3.05, 3.63) is 30.2 Å². The number of nitrogens with zero attached hydrogens (tertiary/aromatic N) is 1. The molecule has 1 unspecified atom stereocenters. The molecule has 0 radical (unpaired) electrons. The van der Waals surface area contributed by atoms with Gasteiger partial charge in [-0.05, 0) is 38.1 Å². The van der Waals surface area contributed by atoms with Gasteiger partial charge in [0.15, 0.2) is 12.0 Å². The second kappa shape index (κ2) is 3.80. The van der Waals surface area contributed by atoms with Crippen LogP contribution < -0.4 is 5.32 Å². The minimum absolute atomic E-state index is 0.482. The lowest BCUT2D eigenvalue weighted by Gasteiger charge is -2.09. The molecule has 1 aromatic carbocycles. The van der Waals surface area contributed by atoms with Gasteiger partial charge in [-0.3, -0.25) is 0 Å². The van der Waals surface area contributed by atoms with Crippen LogP contribution in [0.2, 0.25) is 0 Å². The highest BCUT2D eigenvalue weighted by atomic mass is 16.3. The third kappa shape index (κ3) is 1.77. The van der Waals surface area contributed by atoms with Gasteiger partial charge in [0.05, 0.1) is 0 Å². The second-order valence-corrected chi connectivity index (χ2v) is 3.55. The number of oxazole rings is 1. The van der Waals surface area contributed by atoms with E-state index in [-0.39, 0.29) is 0 Å². The zero-order valence-electron chi connectivity index (χ0n) is 8.45. The van der Waals surface area contributed by atoms with Crippen molar-refractivity contribution < 1.29 is 4.42 Å². The number of hydrogen-bond acceptors (Lipinski definition) is 3. The number of aromatic nitrogens is 1. The first kappa shape index (κ1) is 9.21. The van der Waals surface area contributed by atoms with E-state index in [1.807, 2.05) is 13.1 Å². The summed E-state index contributed by atoms with van der Waals surface area (Å²) in [5.41, 5.74) is 3.06. The maximum atomic E-state index is 5.24. The standard InChI is InChI=1S/C11H14N2O/c1-8(12-2)5-9-3-4-10-11(6-9)14-7-13-10/h3-4,6-8,12H,5H2,1-2H3. The molecule has 1 atom stereocenters. The molecule has 1 N–H and O–H groups in total. The molecule has 0 saturated carbocycles. The Balaban J connectivity index is 2.25. The van der Waals surface area contributed by atoms with E-state index in [0.29, 0.717) is 6.04 Å². The largest absolute Gasteiger partial charge is 0.443 e. The van der Waals surface area contributed by atoms with Crippen molar-refractivity contribution in [2.24, 2.45) is 0 Å². The van der Waals surface area contributed by atoms with Gasteiger partial charge in [0, 0.05) is 6.04 Å². The van der Waals surface area contributed by atoms with Crippen LogP contribution in [0.4, 0.5) is 0 Å². The molecule has 0 bridgehead atoms. The summed E-state index contributed by atoms with van der Waals surface area (Å²) >= 11 is 0. The average molecular weight is 190 g/mol. The highest BCUT2D eigenvalue weighted by molar-refractivity contribution is 5.72. The number of likely N-dealkylation sites (N-methyl/N-ethyl adjacent to an activating group) is 1. The van der Waals surface area contributed by atoms with Crippen LogP contribution in [0.3, 0.4) is 0 Å². The SMILES string of the molecule is CNC(C)Cc1ccc2ncoc2c1. The summed E-state index contributed by atoms with van der Waals surface area (Å²) in [4.78, 5) is 4.08. The molecule has 1 heterocycles. The van der Waals surface area contributed by atoms with E-state index >= 15 is 0 Å². The summed E-state index contributed by atoms with van der Waals surface area (Å²) in [5.74, 6) is 0. The summed E-state index contributed by atoms with van der Waals surface area (Å²) < 4.78 is 5.24. The summed E-state index contributed by atoms with van der Waals surface area (Å²) in [5, 5.41) is 3.21. The first-order valence-electron chi connectivity index (χ1n) is 4.79. The Bertz CT molecular complexity index is 422. The Kier molecular flexibility index (Phi) is 2.50. The van der Waals surface area contributed by atoms with Crippen LogP contribution in [0.25, 0.3) is 11.1 Å². The quantitative estimate of drug-likeness (QED) is 0.804. The van der Waals surface area contributed by atoms with Gasteiger partial charge in [-0.1, -0.05) is 6.07 Å². The van der Waals surface area contributed by atoms with Crippen molar-refractivity contribution in [1.29, 1.82) is 0 Å². The van der Waals surface area contributed by atoms with Crippen molar-refractivity contribution in [1.82, 2.24) is 10.3 Å². The molecule has 74 valence electrons. The smallest absolute Gasteiger partial charge is 0.181 e. The molecule has 0 aliphatic rings. The van der Waals surface area contributed by atoms with E-state index in [4.69, 9.17) is 4.42 Å². The number of nitrogens with one attached hydrogen (secondary N) is 1. The van der Waals surface area contributed by atoms with Crippen LogP contribution in [0.15, 0.2) is 29.0 Å². The first-order chi connectivity index (χ1) is 6.79. The molecule has 0 fully saturated rings. The zero-order chi connectivity index (χ0) is 9.97. The minimum atomic E-state index is 0.482.